The first-order valence-corrected chi connectivity index (χ1v) is 17.5. The zero-order chi connectivity index (χ0) is 34.3. The molecule has 2 nitrogen and oxygen atoms in total. The number of fused-ring (bicyclic) bond motifs is 6. The highest BCUT2D eigenvalue weighted by Crippen LogP contribution is 2.39. The second-order valence-electron chi connectivity index (χ2n) is 13.0. The van der Waals surface area contributed by atoms with Gasteiger partial charge in [0.25, 0.3) is 0 Å². The molecule has 0 saturated heterocycles. The molecule has 51 heavy (non-hydrogen) atoms. The third-order valence-corrected chi connectivity index (χ3v) is 10.1. The van der Waals surface area contributed by atoms with Gasteiger partial charge in [-0.3, -0.25) is 0 Å². The van der Waals surface area contributed by atoms with E-state index in [4.69, 9.17) is 0 Å². The highest BCUT2D eigenvalue weighted by Gasteiger charge is 2.16. The van der Waals surface area contributed by atoms with Gasteiger partial charge < -0.3 is 9.13 Å². The van der Waals surface area contributed by atoms with E-state index in [1.165, 1.54) is 60.4 Å². The molecule has 0 N–H and O–H groups in total. The van der Waals surface area contributed by atoms with Crippen molar-refractivity contribution in [3.8, 4) is 27.9 Å². The Morgan fingerprint density at radius 2 is 0.961 bits per heavy atom. The monoisotopic (exact) mass is 652 g/mol. The number of allylic oxidation sites excluding steroid dienone is 5. The van der Waals surface area contributed by atoms with Crippen LogP contribution in [0.2, 0.25) is 0 Å². The topological polar surface area (TPSA) is 9.86 Å². The van der Waals surface area contributed by atoms with Crippen LogP contribution in [0.4, 0.5) is 0 Å². The Morgan fingerprint density at radius 1 is 0.471 bits per heavy atom. The maximum atomic E-state index is 4.25. The van der Waals surface area contributed by atoms with Crippen LogP contribution < -0.4 is 0 Å². The fourth-order valence-corrected chi connectivity index (χ4v) is 7.63. The summed E-state index contributed by atoms with van der Waals surface area (Å²) in [6.45, 7) is 6.34. The summed E-state index contributed by atoms with van der Waals surface area (Å²) in [6.07, 6.45) is 6.36. The Morgan fingerprint density at radius 3 is 1.63 bits per heavy atom. The van der Waals surface area contributed by atoms with Crippen molar-refractivity contribution in [1.82, 2.24) is 9.13 Å². The van der Waals surface area contributed by atoms with Gasteiger partial charge in [-0.25, -0.2) is 0 Å². The molecule has 0 radical (unpaired) electrons. The third kappa shape index (κ3) is 5.21. The Bertz CT molecular complexity index is 2790. The summed E-state index contributed by atoms with van der Waals surface area (Å²) in [6, 6.07) is 61.2. The number of para-hydroxylation sites is 2. The van der Waals surface area contributed by atoms with Gasteiger partial charge in [-0.05, 0) is 101 Å². The number of nitrogens with zero attached hydrogens (tertiary/aromatic N) is 2. The van der Waals surface area contributed by atoms with E-state index in [0.29, 0.717) is 0 Å². The SMILES string of the molecule is C=C/C(=C\C(=C/C)c1ccccc1)n1c2ccccc2c2cc(-c3ccc4c(c3)c3ccccc3n4-c3ccc(-c4ccccc4)cc3)ccc21. The van der Waals surface area contributed by atoms with E-state index < -0.39 is 0 Å². The summed E-state index contributed by atoms with van der Waals surface area (Å²) < 4.78 is 4.73. The lowest BCUT2D eigenvalue weighted by Gasteiger charge is -2.12. The number of benzene rings is 7. The van der Waals surface area contributed by atoms with E-state index in [0.717, 1.165) is 28.0 Å². The lowest BCUT2D eigenvalue weighted by atomic mass is 10.0. The molecule has 0 unspecified atom stereocenters. The van der Waals surface area contributed by atoms with Crippen LogP contribution >= 0.6 is 0 Å². The first-order chi connectivity index (χ1) is 25.2. The lowest BCUT2D eigenvalue weighted by molar-refractivity contribution is 1.18. The molecule has 0 atom stereocenters. The van der Waals surface area contributed by atoms with E-state index >= 15 is 0 Å². The molecule has 0 fully saturated rings. The van der Waals surface area contributed by atoms with Crippen molar-refractivity contribution in [2.24, 2.45) is 0 Å². The fourth-order valence-electron chi connectivity index (χ4n) is 7.63. The molecule has 0 amide bonds. The second kappa shape index (κ2) is 12.7. The molecular weight excluding hydrogens is 617 g/mol. The predicted octanol–water partition coefficient (Wildman–Crippen LogP) is 13.4. The van der Waals surface area contributed by atoms with Crippen molar-refractivity contribution in [1.29, 1.82) is 0 Å². The quantitative estimate of drug-likeness (QED) is 0.152. The van der Waals surface area contributed by atoms with E-state index in [1.54, 1.807) is 0 Å². The van der Waals surface area contributed by atoms with Gasteiger partial charge in [0.2, 0.25) is 0 Å². The molecule has 2 heterocycles. The Balaban J connectivity index is 1.17. The van der Waals surface area contributed by atoms with Crippen LogP contribution in [0.15, 0.2) is 195 Å². The van der Waals surface area contributed by atoms with Crippen LogP contribution in [-0.2, 0) is 0 Å². The van der Waals surface area contributed by atoms with Crippen LogP contribution in [0, 0.1) is 0 Å². The highest BCUT2D eigenvalue weighted by molar-refractivity contribution is 6.13. The number of hydrogen-bond acceptors (Lipinski definition) is 0. The van der Waals surface area contributed by atoms with E-state index in [-0.39, 0.29) is 0 Å². The molecule has 2 heteroatoms. The van der Waals surface area contributed by atoms with Gasteiger partial charge in [-0.1, -0.05) is 134 Å². The molecule has 242 valence electrons. The van der Waals surface area contributed by atoms with Gasteiger partial charge in [-0.2, -0.15) is 0 Å². The van der Waals surface area contributed by atoms with Gasteiger partial charge in [0.05, 0.1) is 22.1 Å². The molecule has 2 aromatic heterocycles. The van der Waals surface area contributed by atoms with Crippen molar-refractivity contribution >= 4 is 54.9 Å². The zero-order valence-electron chi connectivity index (χ0n) is 28.5. The average molecular weight is 653 g/mol. The normalized spacial score (nSPS) is 12.3. The van der Waals surface area contributed by atoms with Crippen molar-refractivity contribution in [2.75, 3.05) is 0 Å². The molecule has 0 aliphatic carbocycles. The first kappa shape index (κ1) is 30.4. The highest BCUT2D eigenvalue weighted by atomic mass is 15.0. The van der Waals surface area contributed by atoms with Crippen LogP contribution in [0.1, 0.15) is 12.5 Å². The average Bonchev–Trinajstić information content (AvgIpc) is 3.71. The van der Waals surface area contributed by atoms with Gasteiger partial charge in [0.1, 0.15) is 0 Å². The third-order valence-electron chi connectivity index (χ3n) is 10.1. The number of aromatic nitrogens is 2. The zero-order valence-corrected chi connectivity index (χ0v) is 28.5. The minimum atomic E-state index is 1.04. The molecule has 0 bridgehead atoms. The van der Waals surface area contributed by atoms with Crippen molar-refractivity contribution < 1.29 is 0 Å². The standard InChI is InChI=1S/C49H36N2/c1-3-34(35-15-7-5-8-16-35)31-40(4-2)50-46-21-13-11-19-42(46)44-32-38(25-29-48(44)50)39-26-30-49-45(33-39)43-20-12-14-22-47(43)51(49)41-27-23-37(24-28-41)36-17-9-6-10-18-36/h3-33H,2H2,1H3/b34-3+,40-31+. The van der Waals surface area contributed by atoms with Gasteiger partial charge in [-0.15, -0.1) is 0 Å². The molecule has 7 aromatic carbocycles. The number of hydrogen-bond donors (Lipinski definition) is 0. The van der Waals surface area contributed by atoms with Crippen LogP contribution in [0.3, 0.4) is 0 Å². The Kier molecular flexibility index (Phi) is 7.56. The van der Waals surface area contributed by atoms with Crippen LogP contribution in [0.25, 0.3) is 82.8 Å². The van der Waals surface area contributed by atoms with Gasteiger partial charge in [0, 0.05) is 32.9 Å². The van der Waals surface area contributed by atoms with E-state index in [9.17, 15) is 0 Å². The van der Waals surface area contributed by atoms with Crippen molar-refractivity contribution in [2.45, 2.75) is 6.92 Å². The smallest absolute Gasteiger partial charge is 0.0541 e. The predicted molar refractivity (Wildman–Crippen MR) is 219 cm³/mol. The summed E-state index contributed by atoms with van der Waals surface area (Å²) in [4.78, 5) is 0. The molecule has 0 aliphatic rings. The summed E-state index contributed by atoms with van der Waals surface area (Å²) in [5.74, 6) is 0. The molecule has 0 aliphatic heterocycles. The summed E-state index contributed by atoms with van der Waals surface area (Å²) >= 11 is 0. The Hall–Kier alpha value is -6.64. The maximum absolute atomic E-state index is 4.25. The summed E-state index contributed by atoms with van der Waals surface area (Å²) in [7, 11) is 0. The Labute approximate surface area is 298 Å². The molecule has 0 spiro atoms. The maximum Gasteiger partial charge on any atom is 0.0541 e. The molecule has 9 aromatic rings. The number of rotatable bonds is 7. The second-order valence-corrected chi connectivity index (χ2v) is 13.0. The van der Waals surface area contributed by atoms with Gasteiger partial charge >= 0.3 is 0 Å². The molecular formula is C49H36N2. The van der Waals surface area contributed by atoms with E-state index in [2.05, 4.69) is 205 Å². The van der Waals surface area contributed by atoms with Crippen LogP contribution in [-0.4, -0.2) is 9.13 Å². The minimum Gasteiger partial charge on any atom is -0.309 e. The first-order valence-electron chi connectivity index (χ1n) is 17.5. The van der Waals surface area contributed by atoms with Crippen LogP contribution in [0.5, 0.6) is 0 Å². The van der Waals surface area contributed by atoms with E-state index in [1.807, 2.05) is 6.08 Å². The van der Waals surface area contributed by atoms with Gasteiger partial charge in [0.15, 0.2) is 0 Å². The lowest BCUT2D eigenvalue weighted by Crippen LogP contribution is -1.95. The molecule has 9 rings (SSSR count). The van der Waals surface area contributed by atoms with Crippen molar-refractivity contribution in [3.05, 3.63) is 200 Å². The summed E-state index contributed by atoms with van der Waals surface area (Å²) in [5, 5.41) is 4.94. The van der Waals surface area contributed by atoms with Crippen molar-refractivity contribution in [3.63, 3.8) is 0 Å². The fraction of sp³-hybridized carbons (Fsp3) is 0.0204. The minimum absolute atomic E-state index is 1.04. The summed E-state index contributed by atoms with van der Waals surface area (Å²) in [5.41, 5.74) is 14.1. The largest absolute Gasteiger partial charge is 0.309 e. The molecule has 0 saturated carbocycles.